The molecule has 0 bridgehead atoms. The highest BCUT2D eigenvalue weighted by Crippen LogP contribution is 2.31. The highest BCUT2D eigenvalue weighted by molar-refractivity contribution is 6.30. The SMILES string of the molecule is CC(Oc1cccc(C(F)(F)F)c1)C(=O)c1cnnn1-c1ccc(F)c(Cl)c1. The zero-order valence-corrected chi connectivity index (χ0v) is 15.0. The Bertz CT molecular complexity index is 1020. The second-order valence-electron chi connectivity index (χ2n) is 5.78. The van der Waals surface area contributed by atoms with Crippen LogP contribution >= 0.6 is 11.6 Å². The van der Waals surface area contributed by atoms with Gasteiger partial charge in [-0.1, -0.05) is 22.9 Å². The van der Waals surface area contributed by atoms with Gasteiger partial charge in [-0.05, 0) is 43.3 Å². The van der Waals surface area contributed by atoms with Crippen LogP contribution in [0.25, 0.3) is 5.69 Å². The second kappa shape index (κ2) is 7.59. The molecule has 0 N–H and O–H groups in total. The molecule has 1 aromatic heterocycles. The third kappa shape index (κ3) is 4.14. The minimum atomic E-state index is -4.53. The number of carbonyl (C=O) groups is 1. The van der Waals surface area contributed by atoms with Crippen molar-refractivity contribution in [2.24, 2.45) is 0 Å². The first-order valence-corrected chi connectivity index (χ1v) is 8.29. The number of halogens is 5. The van der Waals surface area contributed by atoms with Crippen LogP contribution in [0.2, 0.25) is 5.02 Å². The van der Waals surface area contributed by atoms with Crippen molar-refractivity contribution in [3.8, 4) is 11.4 Å². The molecule has 3 aromatic rings. The summed E-state index contributed by atoms with van der Waals surface area (Å²) in [5.74, 6) is -1.33. The lowest BCUT2D eigenvalue weighted by atomic mass is 10.1. The summed E-state index contributed by atoms with van der Waals surface area (Å²) in [7, 11) is 0. The number of nitrogens with zero attached hydrogens (tertiary/aromatic N) is 3. The van der Waals surface area contributed by atoms with Crippen molar-refractivity contribution in [3.63, 3.8) is 0 Å². The van der Waals surface area contributed by atoms with Gasteiger partial charge in [0.2, 0.25) is 5.78 Å². The van der Waals surface area contributed by atoms with Gasteiger partial charge in [0, 0.05) is 0 Å². The monoisotopic (exact) mass is 413 g/mol. The Morgan fingerprint density at radius 2 is 1.96 bits per heavy atom. The quantitative estimate of drug-likeness (QED) is 0.448. The molecule has 28 heavy (non-hydrogen) atoms. The predicted octanol–water partition coefficient (Wildman–Crippen LogP) is 4.73. The van der Waals surface area contributed by atoms with E-state index in [4.69, 9.17) is 16.3 Å². The van der Waals surface area contributed by atoms with Crippen LogP contribution in [0.5, 0.6) is 5.75 Å². The third-order valence-electron chi connectivity index (χ3n) is 3.79. The first-order chi connectivity index (χ1) is 13.2. The van der Waals surface area contributed by atoms with E-state index in [9.17, 15) is 22.4 Å². The van der Waals surface area contributed by atoms with E-state index in [-0.39, 0.29) is 16.5 Å². The molecule has 0 spiro atoms. The Labute approximate surface area is 161 Å². The molecule has 1 atom stereocenters. The van der Waals surface area contributed by atoms with Gasteiger partial charge in [-0.15, -0.1) is 5.10 Å². The average Bonchev–Trinajstić information content (AvgIpc) is 3.12. The Balaban J connectivity index is 1.83. The first kappa shape index (κ1) is 19.8. The van der Waals surface area contributed by atoms with E-state index < -0.39 is 29.4 Å². The van der Waals surface area contributed by atoms with Crippen LogP contribution in [0.15, 0.2) is 48.7 Å². The van der Waals surface area contributed by atoms with Gasteiger partial charge < -0.3 is 4.74 Å². The number of benzene rings is 2. The zero-order valence-electron chi connectivity index (χ0n) is 14.2. The molecule has 5 nitrogen and oxygen atoms in total. The topological polar surface area (TPSA) is 57.0 Å². The van der Waals surface area contributed by atoms with Crippen LogP contribution in [0, 0.1) is 5.82 Å². The van der Waals surface area contributed by atoms with Gasteiger partial charge in [0.05, 0.1) is 22.5 Å². The van der Waals surface area contributed by atoms with E-state index in [1.807, 2.05) is 0 Å². The van der Waals surface area contributed by atoms with Gasteiger partial charge in [-0.3, -0.25) is 4.79 Å². The second-order valence-corrected chi connectivity index (χ2v) is 6.19. The molecular formula is C18H12ClF4N3O2. The number of hydrogen-bond acceptors (Lipinski definition) is 4. The number of aromatic nitrogens is 3. The lowest BCUT2D eigenvalue weighted by Crippen LogP contribution is -2.26. The van der Waals surface area contributed by atoms with Crippen LogP contribution < -0.4 is 4.74 Å². The van der Waals surface area contributed by atoms with Crippen molar-refractivity contribution in [1.29, 1.82) is 0 Å². The number of Topliss-reactive ketones (excluding diaryl/α,β-unsaturated/α-hetero) is 1. The fourth-order valence-corrected chi connectivity index (χ4v) is 2.60. The van der Waals surface area contributed by atoms with Crippen LogP contribution in [0.1, 0.15) is 23.0 Å². The summed E-state index contributed by atoms with van der Waals surface area (Å²) in [5.41, 5.74) is -0.599. The summed E-state index contributed by atoms with van der Waals surface area (Å²) in [6, 6.07) is 7.92. The minimum Gasteiger partial charge on any atom is -0.482 e. The molecular weight excluding hydrogens is 402 g/mol. The normalized spacial score (nSPS) is 12.6. The highest BCUT2D eigenvalue weighted by Gasteiger charge is 2.31. The van der Waals surface area contributed by atoms with Gasteiger partial charge in [0.15, 0.2) is 6.10 Å². The third-order valence-corrected chi connectivity index (χ3v) is 4.08. The predicted molar refractivity (Wildman–Crippen MR) is 92.2 cm³/mol. The Kier molecular flexibility index (Phi) is 5.37. The summed E-state index contributed by atoms with van der Waals surface area (Å²) >= 11 is 5.75. The molecule has 0 saturated carbocycles. The number of ketones is 1. The summed E-state index contributed by atoms with van der Waals surface area (Å²) in [6.45, 7) is 1.39. The molecule has 0 fully saturated rings. The van der Waals surface area contributed by atoms with Crippen LogP contribution in [0.4, 0.5) is 17.6 Å². The molecule has 10 heteroatoms. The van der Waals surface area contributed by atoms with Gasteiger partial charge >= 0.3 is 6.18 Å². The van der Waals surface area contributed by atoms with Crippen LogP contribution in [0.3, 0.4) is 0 Å². The smallest absolute Gasteiger partial charge is 0.416 e. The van der Waals surface area contributed by atoms with Gasteiger partial charge in [0.1, 0.15) is 17.3 Å². The van der Waals surface area contributed by atoms with Gasteiger partial charge in [-0.25, -0.2) is 9.07 Å². The minimum absolute atomic E-state index is 0.00199. The molecule has 0 amide bonds. The van der Waals surface area contributed by atoms with Crippen molar-refractivity contribution >= 4 is 17.4 Å². The molecule has 3 rings (SSSR count). The molecule has 2 aromatic carbocycles. The van der Waals surface area contributed by atoms with E-state index in [1.54, 1.807) is 0 Å². The maximum atomic E-state index is 13.3. The summed E-state index contributed by atoms with van der Waals surface area (Å²) in [4.78, 5) is 12.7. The molecule has 0 radical (unpaired) electrons. The molecule has 0 aliphatic carbocycles. The molecule has 0 aliphatic rings. The van der Waals surface area contributed by atoms with Gasteiger partial charge in [-0.2, -0.15) is 13.2 Å². The standard InChI is InChI=1S/C18H12ClF4N3O2/c1-10(28-13-4-2-3-11(7-13)18(21,22)23)17(27)16-9-24-25-26(16)12-5-6-15(20)14(19)8-12/h2-10H,1H3. The molecule has 1 unspecified atom stereocenters. The van der Waals surface area contributed by atoms with E-state index in [2.05, 4.69) is 10.3 Å². The first-order valence-electron chi connectivity index (χ1n) is 7.91. The Morgan fingerprint density at radius 3 is 2.64 bits per heavy atom. The zero-order chi connectivity index (χ0) is 20.5. The van der Waals surface area contributed by atoms with Crippen molar-refractivity contribution < 1.29 is 27.1 Å². The van der Waals surface area contributed by atoms with E-state index >= 15 is 0 Å². The summed E-state index contributed by atoms with van der Waals surface area (Å²) in [5, 5.41) is 7.27. The summed E-state index contributed by atoms with van der Waals surface area (Å²) in [6.07, 6.45) is -4.49. The number of ether oxygens (including phenoxy) is 1. The van der Waals surface area contributed by atoms with Gasteiger partial charge in [0.25, 0.3) is 0 Å². The van der Waals surface area contributed by atoms with E-state index in [1.165, 1.54) is 37.4 Å². The van der Waals surface area contributed by atoms with Crippen LogP contribution in [-0.4, -0.2) is 26.9 Å². The number of hydrogen-bond donors (Lipinski definition) is 0. The van der Waals surface area contributed by atoms with Crippen molar-refractivity contribution in [3.05, 3.63) is 70.8 Å². The van der Waals surface area contributed by atoms with E-state index in [0.29, 0.717) is 5.69 Å². The van der Waals surface area contributed by atoms with E-state index in [0.717, 1.165) is 22.9 Å². The number of carbonyl (C=O) groups excluding carboxylic acids is 1. The lowest BCUT2D eigenvalue weighted by Gasteiger charge is -2.15. The molecule has 0 aliphatic heterocycles. The lowest BCUT2D eigenvalue weighted by molar-refractivity contribution is -0.137. The fraction of sp³-hybridized carbons (Fsp3) is 0.167. The Morgan fingerprint density at radius 1 is 1.21 bits per heavy atom. The maximum Gasteiger partial charge on any atom is 0.416 e. The average molecular weight is 414 g/mol. The summed E-state index contributed by atoms with van der Waals surface area (Å²) < 4.78 is 58.3. The fourth-order valence-electron chi connectivity index (χ4n) is 2.42. The van der Waals surface area contributed by atoms with Crippen LogP contribution in [-0.2, 0) is 6.18 Å². The molecule has 146 valence electrons. The maximum absolute atomic E-state index is 13.3. The largest absolute Gasteiger partial charge is 0.482 e. The number of alkyl halides is 3. The highest BCUT2D eigenvalue weighted by atomic mass is 35.5. The Hall–Kier alpha value is -2.94. The van der Waals surface area contributed by atoms with Crippen molar-refractivity contribution in [1.82, 2.24) is 15.0 Å². The van der Waals surface area contributed by atoms with Crippen molar-refractivity contribution in [2.75, 3.05) is 0 Å². The molecule has 1 heterocycles. The van der Waals surface area contributed by atoms with Crippen molar-refractivity contribution in [2.45, 2.75) is 19.2 Å². The molecule has 0 saturated heterocycles. The number of rotatable bonds is 5.